The second kappa shape index (κ2) is 19.1. The third-order valence-corrected chi connectivity index (χ3v) is 12.0. The minimum Gasteiger partial charge on any atom is -0.456 e. The Labute approximate surface area is 292 Å². The molecular formula is C28H46N3O18PS. The van der Waals surface area contributed by atoms with E-state index >= 15 is 0 Å². The van der Waals surface area contributed by atoms with Crippen LogP contribution in [0.15, 0.2) is 21.9 Å². The number of H-pyrrole nitrogens is 1. The van der Waals surface area contributed by atoms with E-state index in [1.807, 2.05) is 4.98 Å². The van der Waals surface area contributed by atoms with Crippen molar-refractivity contribution in [2.45, 2.75) is 95.9 Å². The lowest BCUT2D eigenvalue weighted by atomic mass is 10.0. The molecular weight excluding hydrogens is 729 g/mol. The fourth-order valence-corrected chi connectivity index (χ4v) is 9.23. The molecule has 51 heavy (non-hydrogen) atoms. The van der Waals surface area contributed by atoms with Gasteiger partial charge in [-0.3, -0.25) is 33.3 Å². The van der Waals surface area contributed by atoms with Gasteiger partial charge in [0.2, 0.25) is 0 Å². The summed E-state index contributed by atoms with van der Waals surface area (Å²) >= 11 is 0. The van der Waals surface area contributed by atoms with Crippen LogP contribution in [-0.4, -0.2) is 147 Å². The van der Waals surface area contributed by atoms with E-state index in [0.717, 1.165) is 37.6 Å². The van der Waals surface area contributed by atoms with Gasteiger partial charge in [-0.15, -0.1) is 0 Å². The van der Waals surface area contributed by atoms with Crippen molar-refractivity contribution in [2.24, 2.45) is 0 Å². The molecule has 2 fully saturated rings. The number of nitrogens with zero attached hydrogens (tertiary/aromatic N) is 2. The monoisotopic (exact) mass is 775 g/mol. The van der Waals surface area contributed by atoms with Crippen molar-refractivity contribution < 1.29 is 75.8 Å². The zero-order chi connectivity index (χ0) is 38.8. The van der Waals surface area contributed by atoms with Crippen LogP contribution in [0.2, 0.25) is 0 Å². The minimum absolute atomic E-state index is 0.779. The van der Waals surface area contributed by atoms with E-state index in [9.17, 15) is 57.2 Å². The molecule has 0 saturated carbocycles. The third kappa shape index (κ3) is 12.3. The first kappa shape index (κ1) is 44.1. The average Bonchev–Trinajstić information content (AvgIpc) is 3.34. The van der Waals surface area contributed by atoms with Crippen LogP contribution in [-0.2, 0) is 57.0 Å². The summed E-state index contributed by atoms with van der Waals surface area (Å²) in [6.45, 7) is 11.0. The number of carbonyl (C=O) groups excluding carboxylic acids is 3. The van der Waals surface area contributed by atoms with E-state index in [1.165, 1.54) is 19.6 Å². The highest BCUT2D eigenvalue weighted by Gasteiger charge is 2.54. The van der Waals surface area contributed by atoms with E-state index in [0.29, 0.717) is 0 Å². The van der Waals surface area contributed by atoms with Gasteiger partial charge in [0.1, 0.15) is 24.4 Å². The van der Waals surface area contributed by atoms with E-state index in [4.69, 9.17) is 28.2 Å². The number of aromatic nitrogens is 2. The van der Waals surface area contributed by atoms with Crippen molar-refractivity contribution in [1.29, 1.82) is 0 Å². The molecule has 1 aromatic heterocycles. The van der Waals surface area contributed by atoms with Crippen molar-refractivity contribution in [1.82, 2.24) is 14.5 Å². The summed E-state index contributed by atoms with van der Waals surface area (Å²) in [6.07, 6.45) is -13.0. The number of hydrogen-bond donors (Lipinski definition) is 5. The molecule has 0 spiro atoms. The summed E-state index contributed by atoms with van der Waals surface area (Å²) in [6, 6.07) is 0.931. The first-order chi connectivity index (χ1) is 23.7. The first-order valence-corrected chi connectivity index (χ1v) is 19.2. The lowest BCUT2D eigenvalue weighted by Gasteiger charge is -2.41. The van der Waals surface area contributed by atoms with Crippen LogP contribution in [0, 0.1) is 0 Å². The molecule has 3 rings (SSSR count). The van der Waals surface area contributed by atoms with Gasteiger partial charge in [-0.05, 0) is 19.6 Å². The predicted molar refractivity (Wildman–Crippen MR) is 173 cm³/mol. The molecule has 21 nitrogen and oxygen atoms in total. The average molecular weight is 776 g/mol. The topological polar surface area (TPSA) is 297 Å². The molecule has 292 valence electrons. The molecule has 0 aliphatic carbocycles. The van der Waals surface area contributed by atoms with E-state index in [2.05, 4.69) is 25.7 Å². The number of esters is 3. The molecule has 2 saturated heterocycles. The number of aliphatic hydroxyl groups is 3. The quantitative estimate of drug-likeness (QED) is 0.0747. The highest BCUT2D eigenvalue weighted by Crippen LogP contribution is 2.46. The highest BCUT2D eigenvalue weighted by atomic mass is 32.2. The van der Waals surface area contributed by atoms with Crippen molar-refractivity contribution in [3.05, 3.63) is 33.1 Å². The normalized spacial score (nSPS) is 29.0. The van der Waals surface area contributed by atoms with E-state index in [1.54, 1.807) is 0 Å². The Morgan fingerprint density at radius 2 is 1.43 bits per heavy atom. The molecule has 5 N–H and O–H groups in total. The Hall–Kier alpha value is -3.05. The van der Waals surface area contributed by atoms with Gasteiger partial charge in [0.05, 0.1) is 13.2 Å². The fraction of sp³-hybridized carbons (Fsp3) is 0.750. The molecule has 2 aliphatic rings. The van der Waals surface area contributed by atoms with Gasteiger partial charge in [0.15, 0.2) is 45.3 Å². The number of ether oxygens (including phenoxy) is 5. The molecule has 0 amide bonds. The van der Waals surface area contributed by atoms with Crippen molar-refractivity contribution >= 4 is 35.3 Å². The fourth-order valence-electron chi connectivity index (χ4n) is 5.21. The molecule has 3 heterocycles. The summed E-state index contributed by atoms with van der Waals surface area (Å²) in [7, 11) is -10.2. The maximum Gasteiger partial charge on any atom is 0.343 e. The zero-order valence-electron chi connectivity index (χ0n) is 28.8. The molecule has 1 aromatic rings. The number of nitrogens with one attached hydrogen (secondary N) is 1. The lowest BCUT2D eigenvalue weighted by molar-refractivity contribution is -0.219. The number of hydrogen-bond acceptors (Lipinski definition) is 18. The van der Waals surface area contributed by atoms with Gasteiger partial charge >= 0.3 is 31.2 Å². The highest BCUT2D eigenvalue weighted by molar-refractivity contribution is 7.97. The summed E-state index contributed by atoms with van der Waals surface area (Å²) in [5, 5.41) is 29.8. The predicted octanol–water partition coefficient (Wildman–Crippen LogP) is -2.41. The van der Waals surface area contributed by atoms with Crippen LogP contribution < -0.4 is 11.2 Å². The minimum atomic E-state index is -5.23. The number of aliphatic hydroxyl groups excluding tert-OH is 3. The van der Waals surface area contributed by atoms with E-state index in [-0.39, 0.29) is 0 Å². The Balaban J connectivity index is 0.00000116. The first-order valence-electron chi connectivity index (χ1n) is 15.7. The van der Waals surface area contributed by atoms with Gasteiger partial charge < -0.3 is 53.3 Å². The summed E-state index contributed by atoms with van der Waals surface area (Å²) in [5.41, 5.74) is -5.83. The Morgan fingerprint density at radius 3 is 1.90 bits per heavy atom. The second-order valence-corrected chi connectivity index (χ2v) is 15.7. The van der Waals surface area contributed by atoms with Gasteiger partial charge in [0.25, 0.3) is 5.56 Å². The van der Waals surface area contributed by atoms with Gasteiger partial charge in [-0.25, -0.2) is 13.2 Å². The van der Waals surface area contributed by atoms with Crippen molar-refractivity contribution in [3.63, 3.8) is 0 Å². The van der Waals surface area contributed by atoms with Crippen LogP contribution in [0.4, 0.5) is 0 Å². The Bertz CT molecular complexity index is 1610. The standard InChI is InChI=1S/C22H31N2O18PS.C6H15N/c1-9(26)38-17-13(41-20(19(17)40-11(3)28)24-5-4-14(29)23-22(24)32)7-37-43(33,34)8-44(35,36)21-18(39-10(2)27)16(31)15(30)12(6-25)42-21;1-4-7(5-2)6-3/h4-5,12-13,15-21,25,30-31H,6-8H2,1-3H3,(H,33,34)(H,23,29,32);4-6H2,1-3H3/t12-,13-,15-,16+,17-,18-,19-,20-,21+;/m1./s1. The number of rotatable bonds is 14. The summed E-state index contributed by atoms with van der Waals surface area (Å²) < 4.78 is 70.9. The Morgan fingerprint density at radius 1 is 0.902 bits per heavy atom. The van der Waals surface area contributed by atoms with Gasteiger partial charge in [0, 0.05) is 33.0 Å². The molecule has 0 radical (unpaired) electrons. The number of carbonyl (C=O) groups is 3. The summed E-state index contributed by atoms with van der Waals surface area (Å²) in [5.74, 6) is -2.94. The SMILES string of the molecule is CC(=O)O[C@@H]1[C@H](OC(C)=O)[C@@H](COP(=O)(O)CS(=O)(=O)[C@@H]2O[C@H](CO)[C@@H](O)[C@H](O)[C@H]2OC(C)=O)O[C@H]1n1ccc(=O)[nH]c1=O.CCN(CC)CC. The molecule has 10 atom stereocenters. The number of sulfone groups is 1. The van der Waals surface area contributed by atoms with Crippen molar-refractivity contribution in [3.8, 4) is 0 Å². The summed E-state index contributed by atoms with van der Waals surface area (Å²) in [4.78, 5) is 73.9. The smallest absolute Gasteiger partial charge is 0.343 e. The molecule has 23 heteroatoms. The maximum atomic E-state index is 13.2. The third-order valence-electron chi connectivity index (χ3n) is 7.62. The van der Waals surface area contributed by atoms with Gasteiger partial charge in [-0.2, -0.15) is 0 Å². The van der Waals surface area contributed by atoms with Crippen LogP contribution in [0.3, 0.4) is 0 Å². The zero-order valence-corrected chi connectivity index (χ0v) is 30.6. The molecule has 0 aromatic carbocycles. The van der Waals surface area contributed by atoms with Crippen molar-refractivity contribution in [2.75, 3.05) is 38.3 Å². The largest absolute Gasteiger partial charge is 0.456 e. The molecule has 0 bridgehead atoms. The Kier molecular flexibility index (Phi) is 16.6. The van der Waals surface area contributed by atoms with Crippen LogP contribution in [0.25, 0.3) is 0 Å². The van der Waals surface area contributed by atoms with Gasteiger partial charge in [-0.1, -0.05) is 20.8 Å². The maximum absolute atomic E-state index is 13.2. The van der Waals surface area contributed by atoms with E-state index < -0.39 is 120 Å². The molecule has 2 aliphatic heterocycles. The van der Waals surface area contributed by atoms with Crippen LogP contribution in [0.5, 0.6) is 0 Å². The molecule has 1 unspecified atom stereocenters. The van der Waals surface area contributed by atoms with Crippen LogP contribution >= 0.6 is 7.60 Å². The van der Waals surface area contributed by atoms with Crippen LogP contribution in [0.1, 0.15) is 47.8 Å². The second-order valence-electron chi connectivity index (χ2n) is 11.4. The number of aromatic amines is 1. The lowest BCUT2D eigenvalue weighted by Crippen LogP contribution is -2.61.